The number of rotatable bonds is 5. The van der Waals surface area contributed by atoms with E-state index in [9.17, 15) is 9.90 Å². The summed E-state index contributed by atoms with van der Waals surface area (Å²) in [4.78, 5) is 13.0. The monoisotopic (exact) mass is 348 g/mol. The molecule has 2 rings (SSSR count). The summed E-state index contributed by atoms with van der Waals surface area (Å²) < 4.78 is 5.85. The first-order valence-corrected chi connectivity index (χ1v) is 8.65. The molecule has 24 heavy (non-hydrogen) atoms. The summed E-state index contributed by atoms with van der Waals surface area (Å²) in [6.07, 6.45) is 0. The van der Waals surface area contributed by atoms with Gasteiger partial charge in [-0.15, -0.1) is 11.3 Å². The number of urea groups is 1. The van der Waals surface area contributed by atoms with Crippen LogP contribution in [0.25, 0.3) is 0 Å². The molecule has 0 saturated heterocycles. The molecule has 130 valence electrons. The molecule has 0 bridgehead atoms. The van der Waals surface area contributed by atoms with E-state index in [1.807, 2.05) is 56.5 Å². The molecule has 1 aromatic heterocycles. The van der Waals surface area contributed by atoms with E-state index in [0.29, 0.717) is 11.4 Å². The summed E-state index contributed by atoms with van der Waals surface area (Å²) in [6.45, 7) is 7.63. The number of para-hydroxylation sites is 2. The number of hydrogen-bond acceptors (Lipinski definition) is 4. The predicted molar refractivity (Wildman–Crippen MR) is 97.7 cm³/mol. The second kappa shape index (κ2) is 7.23. The summed E-state index contributed by atoms with van der Waals surface area (Å²) in [5.41, 5.74) is -0.884. The van der Waals surface area contributed by atoms with Crippen molar-refractivity contribution in [3.8, 4) is 5.75 Å². The van der Waals surface area contributed by atoms with Gasteiger partial charge in [0, 0.05) is 4.88 Å². The molecule has 0 fully saturated rings. The van der Waals surface area contributed by atoms with Crippen molar-refractivity contribution in [2.24, 2.45) is 0 Å². The zero-order chi connectivity index (χ0) is 17.8. The molecular weight excluding hydrogens is 324 g/mol. The van der Waals surface area contributed by atoms with E-state index < -0.39 is 11.6 Å². The number of aliphatic hydroxyl groups is 1. The Hall–Kier alpha value is -2.05. The zero-order valence-electron chi connectivity index (χ0n) is 14.4. The predicted octanol–water partition coefficient (Wildman–Crippen LogP) is 3.95. The van der Waals surface area contributed by atoms with E-state index in [-0.39, 0.29) is 12.1 Å². The Morgan fingerprint density at radius 2 is 1.88 bits per heavy atom. The first kappa shape index (κ1) is 18.3. The van der Waals surface area contributed by atoms with Gasteiger partial charge in [0.1, 0.15) is 17.0 Å². The van der Waals surface area contributed by atoms with Crippen LogP contribution < -0.4 is 15.4 Å². The van der Waals surface area contributed by atoms with E-state index in [2.05, 4.69) is 10.6 Å². The Balaban J connectivity index is 1.98. The maximum Gasteiger partial charge on any atom is 0.319 e. The molecule has 0 saturated carbocycles. The number of benzene rings is 1. The molecule has 1 unspecified atom stereocenters. The van der Waals surface area contributed by atoms with E-state index in [4.69, 9.17) is 4.74 Å². The molecule has 5 nitrogen and oxygen atoms in total. The summed E-state index contributed by atoms with van der Waals surface area (Å²) in [7, 11) is 0. The quantitative estimate of drug-likeness (QED) is 0.766. The number of carbonyl (C=O) groups excluding carboxylic acids is 1. The normalized spacial score (nSPS) is 13.9. The molecule has 1 aromatic carbocycles. The average Bonchev–Trinajstić information content (AvgIpc) is 3.01. The maximum absolute atomic E-state index is 12.2. The average molecular weight is 348 g/mol. The third-order valence-electron chi connectivity index (χ3n) is 3.20. The second-order valence-corrected chi connectivity index (χ2v) is 7.72. The van der Waals surface area contributed by atoms with Gasteiger partial charge < -0.3 is 20.5 Å². The highest BCUT2D eigenvalue weighted by molar-refractivity contribution is 7.10. The third kappa shape index (κ3) is 5.25. The van der Waals surface area contributed by atoms with Crippen molar-refractivity contribution in [3.63, 3.8) is 0 Å². The van der Waals surface area contributed by atoms with E-state index >= 15 is 0 Å². The summed E-state index contributed by atoms with van der Waals surface area (Å²) in [5.74, 6) is 0.602. The fourth-order valence-corrected chi connectivity index (χ4v) is 2.87. The van der Waals surface area contributed by atoms with Crippen molar-refractivity contribution < 1.29 is 14.6 Å². The Morgan fingerprint density at radius 1 is 1.17 bits per heavy atom. The third-order valence-corrected chi connectivity index (χ3v) is 4.32. The van der Waals surface area contributed by atoms with Crippen molar-refractivity contribution in [2.45, 2.75) is 38.9 Å². The van der Waals surface area contributed by atoms with Crippen molar-refractivity contribution >= 4 is 23.1 Å². The van der Waals surface area contributed by atoms with Crippen LogP contribution in [0.3, 0.4) is 0 Å². The lowest BCUT2D eigenvalue weighted by molar-refractivity contribution is 0.0637. The van der Waals surface area contributed by atoms with Crippen LogP contribution in [0.1, 0.15) is 32.6 Å². The van der Waals surface area contributed by atoms with E-state index in [0.717, 1.165) is 4.88 Å². The summed E-state index contributed by atoms with van der Waals surface area (Å²) in [6, 6.07) is 10.6. The largest absolute Gasteiger partial charge is 0.486 e. The second-order valence-electron chi connectivity index (χ2n) is 6.77. The van der Waals surface area contributed by atoms with Gasteiger partial charge in [-0.1, -0.05) is 18.2 Å². The lowest BCUT2D eigenvalue weighted by Gasteiger charge is -2.24. The van der Waals surface area contributed by atoms with E-state index in [1.54, 1.807) is 13.0 Å². The van der Waals surface area contributed by atoms with Gasteiger partial charge in [-0.25, -0.2) is 4.79 Å². The van der Waals surface area contributed by atoms with Crippen LogP contribution in [0, 0.1) is 0 Å². The van der Waals surface area contributed by atoms with Crippen molar-refractivity contribution in [1.29, 1.82) is 0 Å². The molecule has 0 radical (unpaired) electrons. The Bertz CT molecular complexity index is 676. The lowest BCUT2D eigenvalue weighted by atomic mass is 10.1. The van der Waals surface area contributed by atoms with Gasteiger partial charge >= 0.3 is 6.03 Å². The van der Waals surface area contributed by atoms with Crippen molar-refractivity contribution in [3.05, 3.63) is 46.7 Å². The van der Waals surface area contributed by atoms with Gasteiger partial charge in [0.15, 0.2) is 0 Å². The van der Waals surface area contributed by atoms with Gasteiger partial charge in [0.2, 0.25) is 0 Å². The van der Waals surface area contributed by atoms with Crippen molar-refractivity contribution in [2.75, 3.05) is 11.9 Å². The number of anilines is 1. The topological polar surface area (TPSA) is 70.6 Å². The van der Waals surface area contributed by atoms with Crippen LogP contribution >= 0.6 is 11.3 Å². The zero-order valence-corrected chi connectivity index (χ0v) is 15.2. The van der Waals surface area contributed by atoms with E-state index in [1.165, 1.54) is 11.3 Å². The number of ether oxygens (including phenoxy) is 1. The molecule has 0 aliphatic heterocycles. The van der Waals surface area contributed by atoms with Crippen LogP contribution in [0.5, 0.6) is 5.75 Å². The SMILES string of the molecule is CC(C)(C)Oc1ccccc1NC(=O)NCC(C)(O)c1cccs1. The fraction of sp³-hybridized carbons (Fsp3) is 0.389. The Kier molecular flexibility index (Phi) is 5.51. The molecular formula is C18H24N2O3S. The van der Waals surface area contributed by atoms with Crippen LogP contribution in [0.4, 0.5) is 10.5 Å². The van der Waals surface area contributed by atoms with Crippen molar-refractivity contribution in [1.82, 2.24) is 5.32 Å². The number of hydrogen-bond donors (Lipinski definition) is 3. The molecule has 1 heterocycles. The van der Waals surface area contributed by atoms with Gasteiger partial charge in [-0.3, -0.25) is 0 Å². The molecule has 6 heteroatoms. The molecule has 2 amide bonds. The number of thiophene rings is 1. The minimum Gasteiger partial charge on any atom is -0.486 e. The highest BCUT2D eigenvalue weighted by Gasteiger charge is 2.25. The lowest BCUT2D eigenvalue weighted by Crippen LogP contribution is -2.40. The maximum atomic E-state index is 12.2. The summed E-state index contributed by atoms with van der Waals surface area (Å²) >= 11 is 1.45. The van der Waals surface area contributed by atoms with Gasteiger partial charge in [0.25, 0.3) is 0 Å². The highest BCUT2D eigenvalue weighted by Crippen LogP contribution is 2.28. The van der Waals surface area contributed by atoms with Crippen LogP contribution in [-0.2, 0) is 5.60 Å². The molecule has 1 atom stereocenters. The van der Waals surface area contributed by atoms with Gasteiger partial charge in [0.05, 0.1) is 12.2 Å². The smallest absolute Gasteiger partial charge is 0.319 e. The van der Waals surface area contributed by atoms with Gasteiger partial charge in [-0.2, -0.15) is 0 Å². The molecule has 0 aliphatic carbocycles. The first-order valence-electron chi connectivity index (χ1n) is 7.77. The Labute approximate surface area is 146 Å². The Morgan fingerprint density at radius 3 is 2.50 bits per heavy atom. The van der Waals surface area contributed by atoms with Crippen LogP contribution in [0.15, 0.2) is 41.8 Å². The molecule has 2 aromatic rings. The number of amides is 2. The van der Waals surface area contributed by atoms with Crippen LogP contribution in [-0.4, -0.2) is 23.3 Å². The number of nitrogens with one attached hydrogen (secondary N) is 2. The fourth-order valence-electron chi connectivity index (χ4n) is 2.08. The molecule has 0 spiro atoms. The van der Waals surface area contributed by atoms with Gasteiger partial charge in [-0.05, 0) is 51.3 Å². The highest BCUT2D eigenvalue weighted by atomic mass is 32.1. The first-order chi connectivity index (χ1) is 11.2. The number of carbonyl (C=O) groups is 1. The molecule has 3 N–H and O–H groups in total. The van der Waals surface area contributed by atoms with Crippen LogP contribution in [0.2, 0.25) is 0 Å². The minimum atomic E-state index is -1.10. The summed E-state index contributed by atoms with van der Waals surface area (Å²) in [5, 5.41) is 17.8. The molecule has 0 aliphatic rings. The standard InChI is InChI=1S/C18H24N2O3S/c1-17(2,3)23-14-9-6-5-8-13(14)20-16(21)19-12-18(4,22)15-10-7-11-24-15/h5-11,22H,12H2,1-4H3,(H2,19,20,21). The minimum absolute atomic E-state index is 0.113.